The van der Waals surface area contributed by atoms with E-state index in [4.69, 9.17) is 4.74 Å². The normalized spacial score (nSPS) is 13.7. The van der Waals surface area contributed by atoms with E-state index in [-0.39, 0.29) is 35.6 Å². The molecular formula is C16H35LaN2O. The Kier molecular flexibility index (Phi) is 32.6. The molecule has 0 amide bonds. The molecule has 4 heteroatoms. The zero-order valence-electron chi connectivity index (χ0n) is 14.2. The van der Waals surface area contributed by atoms with Crippen LogP contribution in [-0.2, 0) is 4.74 Å². The second-order valence-corrected chi connectivity index (χ2v) is 4.51. The molecule has 0 saturated heterocycles. The van der Waals surface area contributed by atoms with Gasteiger partial charge in [-0.25, -0.2) is 0 Å². The van der Waals surface area contributed by atoms with Crippen LogP contribution in [0.4, 0.5) is 0 Å². The minimum Gasteiger partial charge on any atom is -0.681 e. The maximum atomic E-state index is 5.00. The standard InChI is InChI=1S/C9H18O.C5H12N2.C2H5.La/c1-10-8-4-7-9-5-2-3-6-9;1-3-6-5-7-4-2;1-2;/h9H,2-8H2,1H3;3-5H2,1-2H3;1H2,2H3;/q;-2;-1;+3. The van der Waals surface area contributed by atoms with Gasteiger partial charge in [0.2, 0.25) is 0 Å². The SMILES string of the molecule is CC[N-]C[N-]CC.COCCCC1CCCC1.[CH2-]C.[La+3]. The van der Waals surface area contributed by atoms with Gasteiger partial charge in [-0.15, -0.1) is 0 Å². The maximum Gasteiger partial charge on any atom is 3.00 e. The predicted octanol–water partition coefficient (Wildman–Crippen LogP) is 5.17. The molecule has 0 heterocycles. The molecule has 0 bridgehead atoms. The Balaban J connectivity index is -0.000000258. The summed E-state index contributed by atoms with van der Waals surface area (Å²) in [6.45, 7) is 12.5. The minimum absolute atomic E-state index is 0. The van der Waals surface area contributed by atoms with Crippen molar-refractivity contribution in [1.82, 2.24) is 0 Å². The molecular weight excluding hydrogens is 375 g/mol. The smallest absolute Gasteiger partial charge is 0.681 e. The van der Waals surface area contributed by atoms with Crippen molar-refractivity contribution in [3.63, 3.8) is 0 Å². The fourth-order valence-corrected chi connectivity index (χ4v) is 2.09. The van der Waals surface area contributed by atoms with Gasteiger partial charge in [-0.3, -0.25) is 6.67 Å². The van der Waals surface area contributed by atoms with Crippen molar-refractivity contribution in [2.24, 2.45) is 5.92 Å². The largest absolute Gasteiger partial charge is 3.00 e. The van der Waals surface area contributed by atoms with Gasteiger partial charge in [0.1, 0.15) is 0 Å². The van der Waals surface area contributed by atoms with Crippen molar-refractivity contribution in [3.05, 3.63) is 17.6 Å². The van der Waals surface area contributed by atoms with E-state index in [0.29, 0.717) is 6.67 Å². The number of ether oxygens (including phenoxy) is 1. The van der Waals surface area contributed by atoms with Gasteiger partial charge in [0, 0.05) is 13.7 Å². The quantitative estimate of drug-likeness (QED) is 0.402. The molecule has 20 heavy (non-hydrogen) atoms. The maximum absolute atomic E-state index is 5.00. The monoisotopic (exact) mass is 410 g/mol. The third kappa shape index (κ3) is 21.4. The minimum atomic E-state index is 0. The average molecular weight is 410 g/mol. The summed E-state index contributed by atoms with van der Waals surface area (Å²) in [5.74, 6) is 1.04. The van der Waals surface area contributed by atoms with E-state index < -0.39 is 0 Å². The summed E-state index contributed by atoms with van der Waals surface area (Å²) in [5.41, 5.74) is 0. The number of rotatable bonds is 8. The molecule has 0 aromatic carbocycles. The molecule has 0 aromatic heterocycles. The number of methoxy groups -OCH3 is 1. The van der Waals surface area contributed by atoms with Crippen molar-refractivity contribution in [2.75, 3.05) is 33.5 Å². The third-order valence-electron chi connectivity index (χ3n) is 3.08. The Morgan fingerprint density at radius 3 is 1.95 bits per heavy atom. The first-order valence-corrected chi connectivity index (χ1v) is 7.81. The van der Waals surface area contributed by atoms with Crippen molar-refractivity contribution >= 4 is 0 Å². The van der Waals surface area contributed by atoms with Crippen LogP contribution in [-0.4, -0.2) is 33.5 Å². The van der Waals surface area contributed by atoms with Gasteiger partial charge in [-0.1, -0.05) is 39.5 Å². The summed E-state index contributed by atoms with van der Waals surface area (Å²) in [6.07, 6.45) is 8.55. The summed E-state index contributed by atoms with van der Waals surface area (Å²) in [6, 6.07) is 0. The zero-order chi connectivity index (χ0) is 14.8. The van der Waals surface area contributed by atoms with Crippen LogP contribution in [0.1, 0.15) is 59.3 Å². The van der Waals surface area contributed by atoms with E-state index in [1.54, 1.807) is 14.0 Å². The van der Waals surface area contributed by atoms with E-state index >= 15 is 0 Å². The van der Waals surface area contributed by atoms with Crippen LogP contribution in [0.2, 0.25) is 0 Å². The average Bonchev–Trinajstić information content (AvgIpc) is 2.96. The van der Waals surface area contributed by atoms with Gasteiger partial charge in [0.25, 0.3) is 0 Å². The van der Waals surface area contributed by atoms with Crippen LogP contribution in [0.3, 0.4) is 0 Å². The molecule has 118 valence electrons. The van der Waals surface area contributed by atoms with Crippen LogP contribution in [0.25, 0.3) is 10.6 Å². The summed E-state index contributed by atoms with van der Waals surface area (Å²) in [7, 11) is 1.79. The Labute approximate surface area is 156 Å². The Morgan fingerprint density at radius 1 is 1.05 bits per heavy atom. The molecule has 0 unspecified atom stereocenters. The number of nitrogens with zero attached hydrogens (tertiary/aromatic N) is 2. The molecule has 1 aliphatic carbocycles. The van der Waals surface area contributed by atoms with Crippen LogP contribution in [0.15, 0.2) is 0 Å². The van der Waals surface area contributed by atoms with Crippen molar-refractivity contribution in [3.8, 4) is 0 Å². The molecule has 1 fully saturated rings. The predicted molar refractivity (Wildman–Crippen MR) is 86.8 cm³/mol. The van der Waals surface area contributed by atoms with E-state index in [9.17, 15) is 0 Å². The number of hydrogen-bond acceptors (Lipinski definition) is 1. The molecule has 0 atom stereocenters. The fraction of sp³-hybridized carbons (Fsp3) is 0.938. The van der Waals surface area contributed by atoms with Crippen LogP contribution >= 0.6 is 0 Å². The van der Waals surface area contributed by atoms with Crippen LogP contribution in [0.5, 0.6) is 0 Å². The Hall–Kier alpha value is 1.07. The molecule has 0 radical (unpaired) electrons. The molecule has 1 rings (SSSR count). The van der Waals surface area contributed by atoms with Crippen molar-refractivity contribution in [1.29, 1.82) is 0 Å². The molecule has 0 spiro atoms. The van der Waals surface area contributed by atoms with Gasteiger partial charge in [-0.2, -0.15) is 20.0 Å². The molecule has 0 aromatic rings. The Morgan fingerprint density at radius 2 is 1.55 bits per heavy atom. The molecule has 1 aliphatic rings. The van der Waals surface area contributed by atoms with Gasteiger partial charge in [0.05, 0.1) is 0 Å². The summed E-state index contributed by atoms with van der Waals surface area (Å²) >= 11 is 0. The molecule has 0 aliphatic heterocycles. The number of hydrogen-bond donors (Lipinski definition) is 0. The first-order valence-electron chi connectivity index (χ1n) is 7.81. The van der Waals surface area contributed by atoms with E-state index in [2.05, 4.69) is 17.6 Å². The van der Waals surface area contributed by atoms with E-state index in [1.807, 2.05) is 13.8 Å². The molecule has 0 N–H and O–H groups in total. The molecule has 3 nitrogen and oxygen atoms in total. The summed E-state index contributed by atoms with van der Waals surface area (Å²) in [4.78, 5) is 0. The second kappa shape index (κ2) is 25.1. The first kappa shape index (κ1) is 26.0. The second-order valence-electron chi connectivity index (χ2n) is 4.51. The Bertz CT molecular complexity index is 138. The van der Waals surface area contributed by atoms with Gasteiger partial charge in [0.15, 0.2) is 0 Å². The summed E-state index contributed by atoms with van der Waals surface area (Å²) in [5, 5.41) is 7.99. The first-order chi connectivity index (χ1) is 9.35. The van der Waals surface area contributed by atoms with Crippen LogP contribution in [0, 0.1) is 48.4 Å². The summed E-state index contributed by atoms with van der Waals surface area (Å²) < 4.78 is 5.00. The van der Waals surface area contributed by atoms with Crippen LogP contribution < -0.4 is 0 Å². The van der Waals surface area contributed by atoms with E-state index in [0.717, 1.165) is 25.6 Å². The third-order valence-corrected chi connectivity index (χ3v) is 3.08. The van der Waals surface area contributed by atoms with Gasteiger partial charge >= 0.3 is 35.6 Å². The van der Waals surface area contributed by atoms with Crippen molar-refractivity contribution < 1.29 is 40.3 Å². The fourth-order valence-electron chi connectivity index (χ4n) is 2.09. The molecule has 1 saturated carbocycles. The van der Waals surface area contributed by atoms with Gasteiger partial charge < -0.3 is 22.3 Å². The zero-order valence-corrected chi connectivity index (χ0v) is 17.9. The van der Waals surface area contributed by atoms with E-state index in [1.165, 1.54) is 38.5 Å². The van der Waals surface area contributed by atoms with Gasteiger partial charge in [-0.05, 0) is 18.8 Å². The topological polar surface area (TPSA) is 37.4 Å². The van der Waals surface area contributed by atoms with Crippen molar-refractivity contribution in [2.45, 2.75) is 59.3 Å².